The van der Waals surface area contributed by atoms with Crippen LogP contribution in [0.3, 0.4) is 0 Å². The summed E-state index contributed by atoms with van der Waals surface area (Å²) in [5.74, 6) is -3.36. The second kappa shape index (κ2) is 13.9. The van der Waals surface area contributed by atoms with Crippen LogP contribution < -0.4 is 21.7 Å². The number of carboxylic acid groups (broad SMARTS) is 1. The van der Waals surface area contributed by atoms with Gasteiger partial charge in [0.2, 0.25) is 17.7 Å². The molecule has 0 aliphatic heterocycles. The Balaban J connectivity index is 1.72. The summed E-state index contributed by atoms with van der Waals surface area (Å²) in [7, 11) is 0. The molecule has 0 saturated carbocycles. The summed E-state index contributed by atoms with van der Waals surface area (Å²) in [6.45, 7) is 0. The molecule has 0 aliphatic carbocycles. The summed E-state index contributed by atoms with van der Waals surface area (Å²) in [4.78, 5) is 53.3. The van der Waals surface area contributed by atoms with E-state index in [9.17, 15) is 24.3 Å². The van der Waals surface area contributed by atoms with E-state index in [-0.39, 0.29) is 24.3 Å². The number of aromatic amines is 1. The molecular weight excluding hydrogens is 526 g/mol. The molecule has 3 rings (SSSR count). The van der Waals surface area contributed by atoms with Crippen LogP contribution in [-0.2, 0) is 32.0 Å². The smallest absolute Gasteiger partial charge is 0.327 e. The third kappa shape index (κ3) is 7.76. The first-order valence-corrected chi connectivity index (χ1v) is 13.2. The van der Waals surface area contributed by atoms with E-state index in [1.54, 1.807) is 6.20 Å². The van der Waals surface area contributed by atoms with Crippen LogP contribution in [0.15, 0.2) is 60.8 Å². The lowest BCUT2D eigenvalue weighted by Gasteiger charge is -2.24. The number of nitrogens with two attached hydrogens (primary N) is 1. The van der Waals surface area contributed by atoms with Crippen molar-refractivity contribution in [1.82, 2.24) is 20.9 Å². The number of rotatable bonds is 13. The largest absolute Gasteiger partial charge is 0.480 e. The van der Waals surface area contributed by atoms with Gasteiger partial charge in [-0.2, -0.15) is 25.3 Å². The Kier molecular flexibility index (Phi) is 10.6. The van der Waals surface area contributed by atoms with Crippen molar-refractivity contribution in [3.05, 3.63) is 71.9 Å². The Morgan fingerprint density at radius 3 is 2.03 bits per heavy atom. The molecule has 1 heterocycles. The zero-order chi connectivity index (χ0) is 27.7. The number of para-hydroxylation sites is 1. The predicted octanol–water partition coefficient (Wildman–Crippen LogP) is 0.679. The monoisotopic (exact) mass is 557 g/mol. The second-order valence-corrected chi connectivity index (χ2v) is 9.48. The molecule has 202 valence electrons. The van der Waals surface area contributed by atoms with Crippen LogP contribution in [0.1, 0.15) is 11.1 Å². The molecule has 7 N–H and O–H groups in total. The number of thiol groups is 2. The summed E-state index contributed by atoms with van der Waals surface area (Å²) >= 11 is 8.06. The highest BCUT2D eigenvalue weighted by Crippen LogP contribution is 2.19. The van der Waals surface area contributed by atoms with Crippen molar-refractivity contribution in [2.45, 2.75) is 37.0 Å². The van der Waals surface area contributed by atoms with Crippen molar-refractivity contribution >= 4 is 59.9 Å². The van der Waals surface area contributed by atoms with Gasteiger partial charge < -0.3 is 31.8 Å². The summed E-state index contributed by atoms with van der Waals surface area (Å²) < 4.78 is 0. The molecule has 2 aromatic carbocycles. The molecule has 0 aliphatic rings. The zero-order valence-electron chi connectivity index (χ0n) is 20.5. The van der Waals surface area contributed by atoms with Gasteiger partial charge in [0.1, 0.15) is 18.1 Å². The molecule has 38 heavy (non-hydrogen) atoms. The fraction of sp³-hybridized carbons (Fsp3) is 0.308. The number of H-pyrrole nitrogens is 1. The molecule has 0 spiro atoms. The van der Waals surface area contributed by atoms with Gasteiger partial charge in [0.05, 0.1) is 6.04 Å². The maximum absolute atomic E-state index is 13.2. The van der Waals surface area contributed by atoms with Crippen LogP contribution in [0.2, 0.25) is 0 Å². The molecular formula is C26H31N5O5S2. The molecule has 0 fully saturated rings. The number of carboxylic acids is 1. The molecule has 0 bridgehead atoms. The highest BCUT2D eigenvalue weighted by atomic mass is 32.1. The minimum atomic E-state index is -1.25. The van der Waals surface area contributed by atoms with Crippen molar-refractivity contribution in [3.8, 4) is 0 Å². The number of benzene rings is 2. The highest BCUT2D eigenvalue weighted by molar-refractivity contribution is 7.80. The number of aliphatic carboxylic acids is 1. The van der Waals surface area contributed by atoms with Crippen LogP contribution >= 0.6 is 25.3 Å². The zero-order valence-corrected chi connectivity index (χ0v) is 22.3. The van der Waals surface area contributed by atoms with E-state index in [4.69, 9.17) is 5.73 Å². The summed E-state index contributed by atoms with van der Waals surface area (Å²) in [5, 5.41) is 17.7. The van der Waals surface area contributed by atoms with Gasteiger partial charge >= 0.3 is 5.97 Å². The maximum atomic E-state index is 13.2. The first-order valence-electron chi connectivity index (χ1n) is 11.9. The molecule has 3 aromatic rings. The standard InChI is InChI=1S/C26H31N5O5S2/c27-18(11-16-12-28-19-9-5-4-8-17(16)19)23(32)29-20(10-15-6-2-1-3-7-15)24(33)30-21(13-37)25(34)31-22(14-38)26(35)36/h1-9,12,18,20-22,28,37-38H,10-11,13-14,27H2,(H,29,32)(H,30,33)(H,31,34)(H,35,36). The van der Waals surface area contributed by atoms with Crippen molar-refractivity contribution in [2.75, 3.05) is 11.5 Å². The van der Waals surface area contributed by atoms with Crippen molar-refractivity contribution in [2.24, 2.45) is 5.73 Å². The van der Waals surface area contributed by atoms with E-state index >= 15 is 0 Å². The van der Waals surface area contributed by atoms with E-state index in [0.29, 0.717) is 0 Å². The van der Waals surface area contributed by atoms with Crippen LogP contribution in [0, 0.1) is 0 Å². The van der Waals surface area contributed by atoms with Crippen LogP contribution in [0.25, 0.3) is 10.9 Å². The van der Waals surface area contributed by atoms with Crippen molar-refractivity contribution < 1.29 is 24.3 Å². The first kappa shape index (κ1) is 29.1. The van der Waals surface area contributed by atoms with Crippen molar-refractivity contribution in [1.29, 1.82) is 0 Å². The molecule has 12 heteroatoms. The van der Waals surface area contributed by atoms with E-state index in [1.165, 1.54) is 0 Å². The summed E-state index contributed by atoms with van der Waals surface area (Å²) in [6.07, 6.45) is 2.20. The third-order valence-corrected chi connectivity index (χ3v) is 6.71. The lowest BCUT2D eigenvalue weighted by molar-refractivity contribution is -0.141. The molecule has 4 unspecified atom stereocenters. The van der Waals surface area contributed by atoms with E-state index < -0.39 is 47.9 Å². The highest BCUT2D eigenvalue weighted by Gasteiger charge is 2.30. The molecule has 1 aromatic heterocycles. The van der Waals surface area contributed by atoms with Gasteiger partial charge in [-0.25, -0.2) is 4.79 Å². The molecule has 0 radical (unpaired) electrons. The first-order chi connectivity index (χ1) is 18.2. The van der Waals surface area contributed by atoms with Gasteiger partial charge in [0, 0.05) is 35.0 Å². The fourth-order valence-corrected chi connectivity index (χ4v) is 4.40. The average molecular weight is 558 g/mol. The van der Waals surface area contributed by atoms with E-state index in [1.807, 2.05) is 54.6 Å². The van der Waals surface area contributed by atoms with Gasteiger partial charge in [0.15, 0.2) is 0 Å². The normalized spacial score (nSPS) is 14.2. The van der Waals surface area contributed by atoms with Crippen LogP contribution in [-0.4, -0.2) is 69.5 Å². The predicted molar refractivity (Wildman–Crippen MR) is 151 cm³/mol. The fourth-order valence-electron chi connectivity index (χ4n) is 3.89. The third-order valence-electron chi connectivity index (χ3n) is 5.98. The van der Waals surface area contributed by atoms with Gasteiger partial charge in [-0.05, 0) is 23.6 Å². The Labute approximate surface area is 230 Å². The number of nitrogens with one attached hydrogen (secondary N) is 4. The Morgan fingerprint density at radius 1 is 0.789 bits per heavy atom. The molecule has 10 nitrogen and oxygen atoms in total. The number of hydrogen-bond acceptors (Lipinski definition) is 7. The number of aromatic nitrogens is 1. The van der Waals surface area contributed by atoms with Crippen molar-refractivity contribution in [3.63, 3.8) is 0 Å². The number of fused-ring (bicyclic) bond motifs is 1. The van der Waals surface area contributed by atoms with Gasteiger partial charge in [-0.3, -0.25) is 14.4 Å². The number of carbonyl (C=O) groups excluding carboxylic acids is 3. The maximum Gasteiger partial charge on any atom is 0.327 e. The van der Waals surface area contributed by atoms with Gasteiger partial charge in [-0.15, -0.1) is 0 Å². The molecule has 3 amide bonds. The second-order valence-electron chi connectivity index (χ2n) is 8.75. The summed E-state index contributed by atoms with van der Waals surface area (Å²) in [5.41, 5.74) is 8.80. The average Bonchev–Trinajstić information content (AvgIpc) is 3.32. The molecule has 0 saturated heterocycles. The Morgan fingerprint density at radius 2 is 1.37 bits per heavy atom. The van der Waals surface area contributed by atoms with Gasteiger partial charge in [0.25, 0.3) is 0 Å². The van der Waals surface area contributed by atoms with E-state index in [2.05, 4.69) is 46.2 Å². The lowest BCUT2D eigenvalue weighted by Crippen LogP contribution is -2.58. The topological polar surface area (TPSA) is 166 Å². The molecule has 4 atom stereocenters. The SMILES string of the molecule is NC(Cc1c[nH]c2ccccc12)C(=O)NC(Cc1ccccc1)C(=O)NC(CS)C(=O)NC(CS)C(=O)O. The number of hydrogen-bond donors (Lipinski definition) is 8. The minimum absolute atomic E-state index is 0.0947. The Bertz CT molecular complexity index is 1270. The Hall–Kier alpha value is -3.48. The number of carbonyl (C=O) groups is 4. The summed E-state index contributed by atoms with van der Waals surface area (Å²) in [6, 6.07) is 12.4. The lowest BCUT2D eigenvalue weighted by atomic mass is 10.0. The van der Waals surface area contributed by atoms with E-state index in [0.717, 1.165) is 22.0 Å². The quantitative estimate of drug-likeness (QED) is 0.144. The number of amides is 3. The van der Waals surface area contributed by atoms with Crippen LogP contribution in [0.5, 0.6) is 0 Å². The van der Waals surface area contributed by atoms with Gasteiger partial charge in [-0.1, -0.05) is 48.5 Å². The van der Waals surface area contributed by atoms with Crippen LogP contribution in [0.4, 0.5) is 0 Å². The minimum Gasteiger partial charge on any atom is -0.480 e.